The fourth-order valence-electron chi connectivity index (χ4n) is 5.77. The van der Waals surface area contributed by atoms with Crippen LogP contribution in [0.25, 0.3) is 0 Å². The Labute approximate surface area is 170 Å². The van der Waals surface area contributed by atoms with E-state index in [1.165, 1.54) is 16.7 Å². The van der Waals surface area contributed by atoms with E-state index in [0.29, 0.717) is 0 Å². The molecule has 0 radical (unpaired) electrons. The predicted octanol–water partition coefficient (Wildman–Crippen LogP) is 6.46. The van der Waals surface area contributed by atoms with Crippen molar-refractivity contribution in [3.05, 3.63) is 34.9 Å². The van der Waals surface area contributed by atoms with Crippen molar-refractivity contribution in [2.45, 2.75) is 91.1 Å². The number of carboxylic acids is 1. The Bertz CT molecular complexity index is 676. The monoisotopic (exact) mass is 386 g/mol. The van der Waals surface area contributed by atoms with Crippen LogP contribution in [0.1, 0.15) is 85.5 Å². The number of allylic oxidation sites excluding steroid dienone is 6. The van der Waals surface area contributed by atoms with E-state index in [2.05, 4.69) is 45.9 Å². The third-order valence-corrected chi connectivity index (χ3v) is 7.53. The number of aliphatic carboxylic acids is 1. The van der Waals surface area contributed by atoms with Gasteiger partial charge in [-0.05, 0) is 91.4 Å². The molecule has 1 spiro atoms. The van der Waals surface area contributed by atoms with Crippen molar-refractivity contribution in [2.24, 2.45) is 17.3 Å². The van der Waals surface area contributed by atoms with Crippen molar-refractivity contribution >= 4 is 5.97 Å². The van der Waals surface area contributed by atoms with Gasteiger partial charge in [-0.2, -0.15) is 0 Å². The summed E-state index contributed by atoms with van der Waals surface area (Å²) < 4.78 is 6.02. The van der Waals surface area contributed by atoms with Crippen LogP contribution in [0.3, 0.4) is 0 Å². The summed E-state index contributed by atoms with van der Waals surface area (Å²) in [7, 11) is 0. The molecule has 4 atom stereocenters. The second-order valence-corrected chi connectivity index (χ2v) is 9.72. The standard InChI is InChI=1S/C25H38O3/c1-18(2)7-6-15-25(23(26)27)21-12-10-19(3)8-5-9-20(4)11-13-22(25)24(16-14-21)17-28-24/h7,9-10,21-22H,5-6,8,11-17H2,1-4H3,(H,26,27)/b19-10-,20-9-/t21-,22-,24+,25-/m0/s1. The van der Waals surface area contributed by atoms with Gasteiger partial charge in [0.1, 0.15) is 0 Å². The van der Waals surface area contributed by atoms with Crippen LogP contribution in [0.4, 0.5) is 0 Å². The second-order valence-electron chi connectivity index (χ2n) is 9.72. The minimum Gasteiger partial charge on any atom is -0.481 e. The Morgan fingerprint density at radius 1 is 1.21 bits per heavy atom. The first-order chi connectivity index (χ1) is 13.3. The number of carboxylic acid groups (broad SMARTS) is 1. The Morgan fingerprint density at radius 2 is 1.93 bits per heavy atom. The summed E-state index contributed by atoms with van der Waals surface area (Å²) in [6.07, 6.45) is 15.4. The van der Waals surface area contributed by atoms with Crippen LogP contribution in [-0.2, 0) is 9.53 Å². The van der Waals surface area contributed by atoms with E-state index in [-0.39, 0.29) is 17.4 Å². The third-order valence-electron chi connectivity index (χ3n) is 7.53. The lowest BCUT2D eigenvalue weighted by atomic mass is 9.52. The first kappa shape index (κ1) is 21.4. The summed E-state index contributed by atoms with van der Waals surface area (Å²) in [5.74, 6) is -0.281. The highest BCUT2D eigenvalue weighted by atomic mass is 16.6. The van der Waals surface area contributed by atoms with Gasteiger partial charge in [0.25, 0.3) is 0 Å². The van der Waals surface area contributed by atoms with Crippen LogP contribution in [-0.4, -0.2) is 23.3 Å². The van der Waals surface area contributed by atoms with E-state index in [9.17, 15) is 9.90 Å². The molecule has 1 N–H and O–H groups in total. The predicted molar refractivity (Wildman–Crippen MR) is 114 cm³/mol. The quantitative estimate of drug-likeness (QED) is 0.446. The molecule has 3 aliphatic rings. The maximum absolute atomic E-state index is 12.9. The van der Waals surface area contributed by atoms with E-state index in [4.69, 9.17) is 4.74 Å². The van der Waals surface area contributed by atoms with Crippen LogP contribution in [0.5, 0.6) is 0 Å². The molecule has 1 heterocycles. The lowest BCUT2D eigenvalue weighted by Crippen LogP contribution is -2.54. The summed E-state index contributed by atoms with van der Waals surface area (Å²) in [5.41, 5.74) is 3.20. The SMILES string of the molecule is CC(C)=CCC[C@]1(C(=O)O)[C@H]2C/C=C(/C)CC/C=C(/C)CC[C@H]1[C@@]1(CC2)CO1. The lowest BCUT2D eigenvalue weighted by molar-refractivity contribution is -0.167. The third kappa shape index (κ3) is 4.30. The Kier molecular flexibility index (Phi) is 6.54. The van der Waals surface area contributed by atoms with Crippen molar-refractivity contribution in [1.82, 2.24) is 0 Å². The molecule has 0 aromatic heterocycles. The first-order valence-electron chi connectivity index (χ1n) is 11.1. The normalized spacial score (nSPS) is 39.6. The Hall–Kier alpha value is -1.35. The molecule has 3 rings (SSSR count). The fourth-order valence-corrected chi connectivity index (χ4v) is 5.77. The summed E-state index contributed by atoms with van der Waals surface area (Å²) in [6, 6.07) is 0. The Balaban J connectivity index is 2.02. The molecule has 2 aliphatic carbocycles. The highest BCUT2D eigenvalue weighted by Crippen LogP contribution is 2.61. The lowest BCUT2D eigenvalue weighted by Gasteiger charge is -2.50. The van der Waals surface area contributed by atoms with Crippen LogP contribution in [0.2, 0.25) is 0 Å². The highest BCUT2D eigenvalue weighted by molar-refractivity contribution is 5.76. The molecule has 28 heavy (non-hydrogen) atoms. The number of hydrogen-bond donors (Lipinski definition) is 1. The summed E-state index contributed by atoms with van der Waals surface area (Å²) in [5, 5.41) is 10.6. The van der Waals surface area contributed by atoms with Crippen molar-refractivity contribution in [3.8, 4) is 0 Å². The number of ether oxygens (including phenoxy) is 1. The largest absolute Gasteiger partial charge is 0.481 e. The van der Waals surface area contributed by atoms with E-state index in [0.717, 1.165) is 64.4 Å². The minimum atomic E-state index is -0.684. The van der Waals surface area contributed by atoms with E-state index in [1.54, 1.807) is 0 Å². The van der Waals surface area contributed by atoms with Crippen LogP contribution < -0.4 is 0 Å². The number of hydrogen-bond acceptors (Lipinski definition) is 2. The van der Waals surface area contributed by atoms with Gasteiger partial charge in [-0.3, -0.25) is 4.79 Å². The van der Waals surface area contributed by atoms with E-state index >= 15 is 0 Å². The molecule has 3 heteroatoms. The first-order valence-corrected chi connectivity index (χ1v) is 11.1. The smallest absolute Gasteiger partial charge is 0.310 e. The maximum Gasteiger partial charge on any atom is 0.310 e. The summed E-state index contributed by atoms with van der Waals surface area (Å²) in [4.78, 5) is 12.9. The van der Waals surface area contributed by atoms with Crippen molar-refractivity contribution in [3.63, 3.8) is 0 Å². The molecule has 1 saturated heterocycles. The Morgan fingerprint density at radius 3 is 2.57 bits per heavy atom. The molecule has 2 fully saturated rings. The van der Waals surface area contributed by atoms with Crippen LogP contribution in [0.15, 0.2) is 34.9 Å². The topological polar surface area (TPSA) is 49.8 Å². The summed E-state index contributed by atoms with van der Waals surface area (Å²) in [6.45, 7) is 9.35. The minimum absolute atomic E-state index is 0.110. The fraction of sp³-hybridized carbons (Fsp3) is 0.720. The van der Waals surface area contributed by atoms with Gasteiger partial charge in [-0.1, -0.05) is 34.9 Å². The molecule has 2 bridgehead atoms. The number of epoxide rings is 1. The van der Waals surface area contributed by atoms with Gasteiger partial charge in [0.15, 0.2) is 0 Å². The molecule has 0 amide bonds. The summed E-state index contributed by atoms with van der Waals surface area (Å²) >= 11 is 0. The van der Waals surface area contributed by atoms with Crippen molar-refractivity contribution in [1.29, 1.82) is 0 Å². The van der Waals surface area contributed by atoms with E-state index < -0.39 is 11.4 Å². The molecule has 0 aromatic carbocycles. The molecule has 3 nitrogen and oxygen atoms in total. The zero-order valence-corrected chi connectivity index (χ0v) is 18.2. The van der Waals surface area contributed by atoms with Gasteiger partial charge < -0.3 is 9.84 Å². The molecular formula is C25H38O3. The van der Waals surface area contributed by atoms with E-state index in [1.807, 2.05) is 0 Å². The molecule has 1 saturated carbocycles. The number of rotatable bonds is 4. The number of fused-ring (bicyclic) bond motifs is 3. The number of carbonyl (C=O) groups is 1. The van der Waals surface area contributed by atoms with Gasteiger partial charge >= 0.3 is 5.97 Å². The van der Waals surface area contributed by atoms with Gasteiger partial charge in [0.05, 0.1) is 17.6 Å². The van der Waals surface area contributed by atoms with Crippen molar-refractivity contribution < 1.29 is 14.6 Å². The maximum atomic E-state index is 12.9. The molecule has 156 valence electrons. The van der Waals surface area contributed by atoms with Crippen molar-refractivity contribution in [2.75, 3.05) is 6.61 Å². The van der Waals surface area contributed by atoms with Gasteiger partial charge in [-0.25, -0.2) is 0 Å². The van der Waals surface area contributed by atoms with Gasteiger partial charge in [0, 0.05) is 5.92 Å². The van der Waals surface area contributed by atoms with Crippen LogP contribution in [0, 0.1) is 17.3 Å². The zero-order valence-electron chi connectivity index (χ0n) is 18.2. The van der Waals surface area contributed by atoms with Gasteiger partial charge in [-0.15, -0.1) is 0 Å². The average Bonchev–Trinajstić information content (AvgIpc) is 3.39. The molecule has 1 aliphatic heterocycles. The average molecular weight is 387 g/mol. The zero-order chi connectivity index (χ0) is 20.4. The highest BCUT2D eigenvalue weighted by Gasteiger charge is 2.66. The van der Waals surface area contributed by atoms with Crippen LogP contribution >= 0.6 is 0 Å². The molecular weight excluding hydrogens is 348 g/mol. The molecule has 0 unspecified atom stereocenters. The van der Waals surface area contributed by atoms with Gasteiger partial charge in [0.2, 0.25) is 0 Å². The second kappa shape index (κ2) is 8.57. The molecule has 0 aromatic rings.